The third kappa shape index (κ3) is 3.70. The minimum absolute atomic E-state index is 0.752. The van der Waals surface area contributed by atoms with Crippen LogP contribution < -0.4 is 5.32 Å². The quantitative estimate of drug-likeness (QED) is 0.601. The third-order valence-electron chi connectivity index (χ3n) is 3.87. The number of nitrogens with zero attached hydrogens (tertiary/aromatic N) is 2. The molecule has 0 aliphatic carbocycles. The number of hydrogen-bond donors (Lipinski definition) is 1. The van der Waals surface area contributed by atoms with E-state index in [0.29, 0.717) is 0 Å². The van der Waals surface area contributed by atoms with Crippen molar-refractivity contribution in [2.75, 3.05) is 0 Å². The smallest absolute Gasteiger partial charge is 0.132 e. The zero-order valence-electron chi connectivity index (χ0n) is 13.7. The van der Waals surface area contributed by atoms with E-state index in [1.165, 1.54) is 4.90 Å². The van der Waals surface area contributed by atoms with E-state index in [4.69, 9.17) is 21.6 Å². The first-order chi connectivity index (χ1) is 12.2. The van der Waals surface area contributed by atoms with Crippen LogP contribution in [0.5, 0.6) is 0 Å². The third-order valence-corrected chi connectivity index (χ3v) is 5.16. The molecule has 4 rings (SSSR count). The van der Waals surface area contributed by atoms with Gasteiger partial charge in [0.15, 0.2) is 0 Å². The van der Waals surface area contributed by atoms with Crippen molar-refractivity contribution in [3.05, 3.63) is 77.1 Å². The molecule has 25 heavy (non-hydrogen) atoms. The lowest BCUT2D eigenvalue weighted by Crippen LogP contribution is -2.29. The molecule has 124 valence electrons. The molecule has 5 heteroatoms. The SMILES string of the molecule is CC1=CC(=Nc2cc(CSc3ccc(Cl)cc3)nc3ccccc23)N1. The predicted octanol–water partition coefficient (Wildman–Crippen LogP) is 5.72. The minimum Gasteiger partial charge on any atom is -0.344 e. The van der Waals surface area contributed by atoms with Crippen molar-refractivity contribution < 1.29 is 0 Å². The summed E-state index contributed by atoms with van der Waals surface area (Å²) in [5, 5.41) is 5.03. The molecule has 1 N–H and O–H groups in total. The zero-order valence-corrected chi connectivity index (χ0v) is 15.2. The molecule has 3 aromatic rings. The Morgan fingerprint density at radius 1 is 1.12 bits per heavy atom. The molecule has 2 aromatic carbocycles. The number of amidine groups is 1. The molecule has 0 spiro atoms. The molecule has 0 unspecified atom stereocenters. The highest BCUT2D eigenvalue weighted by Gasteiger charge is 2.10. The molecule has 1 aliphatic rings. The van der Waals surface area contributed by atoms with E-state index in [1.54, 1.807) is 11.8 Å². The van der Waals surface area contributed by atoms with Gasteiger partial charge < -0.3 is 5.32 Å². The Hall–Kier alpha value is -2.30. The van der Waals surface area contributed by atoms with Crippen molar-refractivity contribution in [1.82, 2.24) is 10.3 Å². The van der Waals surface area contributed by atoms with Crippen LogP contribution in [0.1, 0.15) is 12.6 Å². The summed E-state index contributed by atoms with van der Waals surface area (Å²) in [4.78, 5) is 10.7. The molecule has 0 fully saturated rings. The summed E-state index contributed by atoms with van der Waals surface area (Å²) in [6.45, 7) is 2.03. The van der Waals surface area contributed by atoms with E-state index in [0.717, 1.165) is 44.6 Å². The Kier molecular flexibility index (Phi) is 4.47. The van der Waals surface area contributed by atoms with Crippen LogP contribution in [0.25, 0.3) is 10.9 Å². The molecule has 0 bridgehead atoms. The molecule has 0 saturated heterocycles. The van der Waals surface area contributed by atoms with Crippen LogP contribution in [-0.2, 0) is 5.75 Å². The molecule has 2 heterocycles. The first-order valence-corrected chi connectivity index (χ1v) is 9.35. The molecule has 0 radical (unpaired) electrons. The monoisotopic (exact) mass is 365 g/mol. The standard InChI is InChI=1S/C20H16ClN3S/c1-13-10-20(22-13)24-19-11-15(23-18-5-3-2-4-17(18)19)12-25-16-8-6-14(21)7-9-16/h2-11H,12H2,1H3,(H,22,23,24). The maximum absolute atomic E-state index is 5.95. The Morgan fingerprint density at radius 3 is 2.64 bits per heavy atom. The number of nitrogens with one attached hydrogen (secondary N) is 1. The number of pyridine rings is 1. The Morgan fingerprint density at radius 2 is 1.88 bits per heavy atom. The summed E-state index contributed by atoms with van der Waals surface area (Å²) in [5.41, 5.74) is 4.06. The van der Waals surface area contributed by atoms with Gasteiger partial charge in [-0.3, -0.25) is 4.98 Å². The van der Waals surface area contributed by atoms with Gasteiger partial charge in [-0.25, -0.2) is 4.99 Å². The van der Waals surface area contributed by atoms with Crippen LogP contribution in [0.3, 0.4) is 0 Å². The summed E-state index contributed by atoms with van der Waals surface area (Å²) in [6, 6.07) is 18.1. The van der Waals surface area contributed by atoms with Gasteiger partial charge in [0.05, 0.1) is 16.9 Å². The van der Waals surface area contributed by atoms with Gasteiger partial charge in [-0.1, -0.05) is 29.8 Å². The number of aliphatic imine (C=N–C) groups is 1. The lowest BCUT2D eigenvalue weighted by molar-refractivity contribution is 1.06. The normalized spacial score (nSPS) is 15.0. The van der Waals surface area contributed by atoms with Crippen LogP contribution in [-0.4, -0.2) is 10.8 Å². The molecule has 1 aromatic heterocycles. The number of para-hydroxylation sites is 1. The van der Waals surface area contributed by atoms with Crippen LogP contribution in [0, 0.1) is 0 Å². The first-order valence-electron chi connectivity index (χ1n) is 7.98. The summed E-state index contributed by atoms with van der Waals surface area (Å²) < 4.78 is 0. The topological polar surface area (TPSA) is 37.3 Å². The van der Waals surface area contributed by atoms with Crippen LogP contribution in [0.4, 0.5) is 5.69 Å². The number of rotatable bonds is 4. The van der Waals surface area contributed by atoms with Gasteiger partial charge in [-0.05, 0) is 49.4 Å². The average Bonchev–Trinajstić information content (AvgIpc) is 2.60. The minimum atomic E-state index is 0.752. The second-order valence-corrected chi connectivity index (χ2v) is 7.33. The molecule has 3 nitrogen and oxygen atoms in total. The van der Waals surface area contributed by atoms with Gasteiger partial charge in [-0.2, -0.15) is 0 Å². The molecule has 1 aliphatic heterocycles. The summed E-state index contributed by atoms with van der Waals surface area (Å²) >= 11 is 7.69. The summed E-state index contributed by atoms with van der Waals surface area (Å²) in [5.74, 6) is 1.68. The molecule has 0 amide bonds. The molecule has 0 saturated carbocycles. The largest absolute Gasteiger partial charge is 0.344 e. The van der Waals surface area contributed by atoms with Crippen molar-refractivity contribution in [3.8, 4) is 0 Å². The van der Waals surface area contributed by atoms with Gasteiger partial charge in [0, 0.05) is 26.8 Å². The Labute approximate surface area is 155 Å². The van der Waals surface area contributed by atoms with Crippen molar-refractivity contribution in [1.29, 1.82) is 0 Å². The number of hydrogen-bond acceptors (Lipinski definition) is 3. The van der Waals surface area contributed by atoms with Gasteiger partial charge >= 0.3 is 0 Å². The van der Waals surface area contributed by atoms with Crippen molar-refractivity contribution in [2.45, 2.75) is 17.6 Å². The second kappa shape index (κ2) is 6.90. The van der Waals surface area contributed by atoms with Crippen LogP contribution in [0.15, 0.2) is 76.3 Å². The number of fused-ring (bicyclic) bond motifs is 1. The fraction of sp³-hybridized carbons (Fsp3) is 0.100. The number of allylic oxidation sites excluding steroid dienone is 1. The van der Waals surface area contributed by atoms with Crippen LogP contribution in [0.2, 0.25) is 5.02 Å². The summed E-state index contributed by atoms with van der Waals surface area (Å²) in [6.07, 6.45) is 2.04. The first kappa shape index (κ1) is 16.2. The van der Waals surface area contributed by atoms with Gasteiger partial charge in [0.2, 0.25) is 0 Å². The van der Waals surface area contributed by atoms with Crippen LogP contribution >= 0.6 is 23.4 Å². The number of halogens is 1. The van der Waals surface area contributed by atoms with E-state index in [-0.39, 0.29) is 0 Å². The highest BCUT2D eigenvalue weighted by molar-refractivity contribution is 7.98. The highest BCUT2D eigenvalue weighted by Crippen LogP contribution is 2.30. The van der Waals surface area contributed by atoms with Crippen molar-refractivity contribution in [3.63, 3.8) is 0 Å². The summed E-state index contributed by atoms with van der Waals surface area (Å²) in [7, 11) is 0. The number of aromatic nitrogens is 1. The lowest BCUT2D eigenvalue weighted by Gasteiger charge is -2.16. The maximum Gasteiger partial charge on any atom is 0.132 e. The van der Waals surface area contributed by atoms with Gasteiger partial charge in [-0.15, -0.1) is 11.8 Å². The Bertz CT molecular complexity index is 993. The lowest BCUT2D eigenvalue weighted by atomic mass is 10.1. The second-order valence-electron chi connectivity index (χ2n) is 5.84. The number of thioether (sulfide) groups is 1. The average molecular weight is 366 g/mol. The molecule has 0 atom stereocenters. The van der Waals surface area contributed by atoms with Gasteiger partial charge in [0.1, 0.15) is 5.84 Å². The fourth-order valence-corrected chi connectivity index (χ4v) is 3.57. The molecular weight excluding hydrogens is 350 g/mol. The van der Waals surface area contributed by atoms with Crippen molar-refractivity contribution in [2.24, 2.45) is 4.99 Å². The van der Waals surface area contributed by atoms with E-state index in [1.807, 2.05) is 55.5 Å². The maximum atomic E-state index is 5.95. The van der Waals surface area contributed by atoms with Crippen molar-refractivity contribution >= 4 is 45.8 Å². The number of benzene rings is 2. The van der Waals surface area contributed by atoms with E-state index >= 15 is 0 Å². The van der Waals surface area contributed by atoms with E-state index in [2.05, 4.69) is 17.4 Å². The predicted molar refractivity (Wildman–Crippen MR) is 107 cm³/mol. The zero-order chi connectivity index (χ0) is 17.2. The van der Waals surface area contributed by atoms with Gasteiger partial charge in [0.25, 0.3) is 0 Å². The van der Waals surface area contributed by atoms with E-state index in [9.17, 15) is 0 Å². The Balaban J connectivity index is 1.65. The van der Waals surface area contributed by atoms with E-state index < -0.39 is 0 Å². The fourth-order valence-electron chi connectivity index (χ4n) is 2.66. The highest BCUT2D eigenvalue weighted by atomic mass is 35.5. The molecular formula is C20H16ClN3S.